The standard InChI is InChI=1S/C16H24N2O3/c1-16(2,3)21-15(20)17-10-9-12-7-6-8-13(11-12)14(19)18(4)5/h6-8,11H,9-10H2,1-5H3,(H,17,20). The first-order valence-corrected chi connectivity index (χ1v) is 6.96. The number of carbonyl (C=O) groups is 2. The number of rotatable bonds is 4. The second-order valence-corrected chi connectivity index (χ2v) is 6.08. The number of ether oxygens (including phenoxy) is 1. The molecule has 0 aliphatic rings. The zero-order valence-corrected chi connectivity index (χ0v) is 13.4. The topological polar surface area (TPSA) is 58.6 Å². The molecule has 0 radical (unpaired) electrons. The van der Waals surface area contributed by atoms with E-state index < -0.39 is 11.7 Å². The van der Waals surface area contributed by atoms with Gasteiger partial charge in [-0.05, 0) is 44.9 Å². The maximum absolute atomic E-state index is 11.9. The number of hydrogen-bond acceptors (Lipinski definition) is 3. The van der Waals surface area contributed by atoms with E-state index >= 15 is 0 Å². The highest BCUT2D eigenvalue weighted by Crippen LogP contribution is 2.09. The van der Waals surface area contributed by atoms with Crippen molar-refractivity contribution in [3.8, 4) is 0 Å². The van der Waals surface area contributed by atoms with Gasteiger partial charge in [0.05, 0.1) is 0 Å². The third kappa shape index (κ3) is 6.29. The summed E-state index contributed by atoms with van der Waals surface area (Å²) in [5, 5.41) is 2.70. The molecule has 0 heterocycles. The Morgan fingerprint density at radius 2 is 1.90 bits per heavy atom. The summed E-state index contributed by atoms with van der Waals surface area (Å²) < 4.78 is 5.16. The minimum atomic E-state index is -0.498. The third-order valence-corrected chi connectivity index (χ3v) is 2.66. The van der Waals surface area contributed by atoms with Gasteiger partial charge in [0, 0.05) is 26.2 Å². The number of hydrogen-bond donors (Lipinski definition) is 1. The second kappa shape index (κ2) is 7.11. The summed E-state index contributed by atoms with van der Waals surface area (Å²) in [6.45, 7) is 5.93. The highest BCUT2D eigenvalue weighted by atomic mass is 16.6. The molecular weight excluding hydrogens is 268 g/mol. The molecule has 1 aromatic rings. The molecule has 0 atom stereocenters. The predicted molar refractivity (Wildman–Crippen MR) is 82.4 cm³/mol. The lowest BCUT2D eigenvalue weighted by Gasteiger charge is -2.19. The average molecular weight is 292 g/mol. The van der Waals surface area contributed by atoms with E-state index in [0.29, 0.717) is 18.5 Å². The molecular formula is C16H24N2O3. The molecule has 21 heavy (non-hydrogen) atoms. The summed E-state index contributed by atoms with van der Waals surface area (Å²) >= 11 is 0. The van der Waals surface area contributed by atoms with Crippen LogP contribution in [0.25, 0.3) is 0 Å². The van der Waals surface area contributed by atoms with Crippen LogP contribution in [-0.4, -0.2) is 43.1 Å². The zero-order valence-electron chi connectivity index (χ0n) is 13.4. The van der Waals surface area contributed by atoms with Gasteiger partial charge in [-0.1, -0.05) is 12.1 Å². The summed E-state index contributed by atoms with van der Waals surface area (Å²) in [5.74, 6) is -0.0306. The van der Waals surface area contributed by atoms with Gasteiger partial charge in [-0.25, -0.2) is 4.79 Å². The van der Waals surface area contributed by atoms with Crippen molar-refractivity contribution in [1.29, 1.82) is 0 Å². The molecule has 1 aromatic carbocycles. The van der Waals surface area contributed by atoms with Crippen molar-refractivity contribution in [2.75, 3.05) is 20.6 Å². The Hall–Kier alpha value is -2.04. The van der Waals surface area contributed by atoms with Gasteiger partial charge in [-0.15, -0.1) is 0 Å². The monoisotopic (exact) mass is 292 g/mol. The van der Waals surface area contributed by atoms with Crippen molar-refractivity contribution in [1.82, 2.24) is 10.2 Å². The van der Waals surface area contributed by atoms with Gasteiger partial charge in [0.1, 0.15) is 5.60 Å². The Morgan fingerprint density at radius 1 is 1.24 bits per heavy atom. The van der Waals surface area contributed by atoms with Crippen molar-refractivity contribution in [3.05, 3.63) is 35.4 Å². The quantitative estimate of drug-likeness (QED) is 0.927. The summed E-state index contributed by atoms with van der Waals surface area (Å²) in [7, 11) is 3.44. The number of nitrogens with one attached hydrogen (secondary N) is 1. The van der Waals surface area contributed by atoms with Crippen molar-refractivity contribution in [3.63, 3.8) is 0 Å². The molecule has 0 saturated carbocycles. The minimum absolute atomic E-state index is 0.0306. The molecule has 1 N–H and O–H groups in total. The van der Waals surface area contributed by atoms with E-state index in [1.165, 1.54) is 4.90 Å². The molecule has 116 valence electrons. The van der Waals surface area contributed by atoms with Crippen LogP contribution in [0.3, 0.4) is 0 Å². The molecule has 0 unspecified atom stereocenters. The maximum atomic E-state index is 11.9. The Morgan fingerprint density at radius 3 is 2.48 bits per heavy atom. The molecule has 2 amide bonds. The van der Waals surface area contributed by atoms with E-state index in [4.69, 9.17) is 4.74 Å². The van der Waals surface area contributed by atoms with Gasteiger partial charge in [0.2, 0.25) is 0 Å². The highest BCUT2D eigenvalue weighted by Gasteiger charge is 2.15. The number of benzene rings is 1. The van der Waals surface area contributed by atoms with E-state index in [0.717, 1.165) is 5.56 Å². The lowest BCUT2D eigenvalue weighted by molar-refractivity contribution is 0.0528. The van der Waals surface area contributed by atoms with Crippen LogP contribution in [0.4, 0.5) is 4.79 Å². The lowest BCUT2D eigenvalue weighted by Crippen LogP contribution is -2.33. The van der Waals surface area contributed by atoms with E-state index in [1.807, 2.05) is 39.0 Å². The molecule has 0 spiro atoms. The van der Waals surface area contributed by atoms with Crippen LogP contribution in [0.5, 0.6) is 0 Å². The lowest BCUT2D eigenvalue weighted by atomic mass is 10.1. The molecule has 0 aliphatic heterocycles. The molecule has 0 bridgehead atoms. The fourth-order valence-electron chi connectivity index (χ4n) is 1.74. The van der Waals surface area contributed by atoms with Gasteiger partial charge in [0.25, 0.3) is 5.91 Å². The second-order valence-electron chi connectivity index (χ2n) is 6.08. The van der Waals surface area contributed by atoms with Crippen LogP contribution < -0.4 is 5.32 Å². The number of amides is 2. The van der Waals surface area contributed by atoms with Crippen molar-refractivity contribution < 1.29 is 14.3 Å². The van der Waals surface area contributed by atoms with Crippen LogP contribution in [-0.2, 0) is 11.2 Å². The Bertz CT molecular complexity index is 504. The van der Waals surface area contributed by atoms with E-state index in [-0.39, 0.29) is 5.91 Å². The fourth-order valence-corrected chi connectivity index (χ4v) is 1.74. The molecule has 5 nitrogen and oxygen atoms in total. The van der Waals surface area contributed by atoms with Gasteiger partial charge >= 0.3 is 6.09 Å². The highest BCUT2D eigenvalue weighted by molar-refractivity contribution is 5.94. The van der Waals surface area contributed by atoms with E-state index in [2.05, 4.69) is 5.32 Å². The maximum Gasteiger partial charge on any atom is 0.407 e. The minimum Gasteiger partial charge on any atom is -0.444 e. The zero-order chi connectivity index (χ0) is 16.0. The Labute approximate surface area is 126 Å². The molecule has 0 fully saturated rings. The third-order valence-electron chi connectivity index (χ3n) is 2.66. The van der Waals surface area contributed by atoms with Gasteiger partial charge < -0.3 is 15.0 Å². The fraction of sp³-hybridized carbons (Fsp3) is 0.500. The van der Waals surface area contributed by atoms with Crippen molar-refractivity contribution in [2.45, 2.75) is 32.8 Å². The number of nitrogens with zero attached hydrogens (tertiary/aromatic N) is 1. The largest absolute Gasteiger partial charge is 0.444 e. The summed E-state index contributed by atoms with van der Waals surface area (Å²) in [6.07, 6.45) is 0.219. The average Bonchev–Trinajstić information content (AvgIpc) is 2.36. The van der Waals surface area contributed by atoms with Crippen LogP contribution in [0.15, 0.2) is 24.3 Å². The van der Waals surface area contributed by atoms with Gasteiger partial charge in [-0.3, -0.25) is 4.79 Å². The molecule has 0 aromatic heterocycles. The SMILES string of the molecule is CN(C)C(=O)c1cccc(CCNC(=O)OC(C)(C)C)c1. The summed E-state index contributed by atoms with van der Waals surface area (Å²) in [6, 6.07) is 7.41. The van der Waals surface area contributed by atoms with Gasteiger partial charge in [-0.2, -0.15) is 0 Å². The molecule has 5 heteroatoms. The number of carbonyl (C=O) groups excluding carboxylic acids is 2. The smallest absolute Gasteiger partial charge is 0.407 e. The van der Waals surface area contributed by atoms with Crippen LogP contribution >= 0.6 is 0 Å². The Balaban J connectivity index is 2.51. The van der Waals surface area contributed by atoms with Crippen molar-refractivity contribution in [2.24, 2.45) is 0 Å². The van der Waals surface area contributed by atoms with Crippen LogP contribution in [0.1, 0.15) is 36.7 Å². The van der Waals surface area contributed by atoms with E-state index in [9.17, 15) is 9.59 Å². The first-order chi connectivity index (χ1) is 9.69. The predicted octanol–water partition coefficient (Wildman–Crippen LogP) is 2.46. The Kier molecular flexibility index (Phi) is 5.76. The van der Waals surface area contributed by atoms with Crippen LogP contribution in [0.2, 0.25) is 0 Å². The molecule has 0 saturated heterocycles. The summed E-state index contributed by atoms with van der Waals surface area (Å²) in [5.41, 5.74) is 1.15. The number of alkyl carbamates (subject to hydrolysis) is 1. The first-order valence-electron chi connectivity index (χ1n) is 6.96. The summed E-state index contributed by atoms with van der Waals surface area (Å²) in [4.78, 5) is 24.9. The van der Waals surface area contributed by atoms with Gasteiger partial charge in [0.15, 0.2) is 0 Å². The van der Waals surface area contributed by atoms with Crippen LogP contribution in [0, 0.1) is 0 Å². The van der Waals surface area contributed by atoms with E-state index in [1.54, 1.807) is 20.2 Å². The normalized spacial score (nSPS) is 10.9. The van der Waals surface area contributed by atoms with Crippen molar-refractivity contribution >= 4 is 12.0 Å². The first kappa shape index (κ1) is 17.0. The molecule has 1 rings (SSSR count). The molecule has 0 aliphatic carbocycles.